The molecule has 3 rings (SSSR count). The van der Waals surface area contributed by atoms with Crippen LogP contribution in [0.1, 0.15) is 18.4 Å². The van der Waals surface area contributed by atoms with Crippen LogP contribution in [0.2, 0.25) is 0 Å². The van der Waals surface area contributed by atoms with Crippen LogP contribution in [0.5, 0.6) is 0 Å². The molecule has 2 nitrogen and oxygen atoms in total. The summed E-state index contributed by atoms with van der Waals surface area (Å²) < 4.78 is 26.7. The molecule has 1 aromatic rings. The quantitative estimate of drug-likeness (QED) is 0.773. The van der Waals surface area contributed by atoms with Crippen molar-refractivity contribution in [2.75, 3.05) is 0 Å². The summed E-state index contributed by atoms with van der Waals surface area (Å²) in [6, 6.07) is 9.23. The number of benzene rings is 1. The van der Waals surface area contributed by atoms with E-state index in [2.05, 4.69) is 0 Å². The Kier molecular flexibility index (Phi) is 2.21. The predicted octanol–water partition coefficient (Wildman–Crippen LogP) is 2.44. The van der Waals surface area contributed by atoms with Crippen molar-refractivity contribution >= 4 is 5.91 Å². The fraction of sp³-hybridized carbons (Fsp3) is 0.462. The zero-order valence-corrected chi connectivity index (χ0v) is 9.27. The van der Waals surface area contributed by atoms with Gasteiger partial charge in [0.25, 0.3) is 5.92 Å². The number of carbonyl (C=O) groups is 1. The smallest absolute Gasteiger partial charge is 0.261 e. The molecule has 2 atom stereocenters. The van der Waals surface area contributed by atoms with Gasteiger partial charge in [-0.25, -0.2) is 8.78 Å². The summed E-state index contributed by atoms with van der Waals surface area (Å²) >= 11 is 0. The van der Waals surface area contributed by atoms with Crippen molar-refractivity contribution in [2.45, 2.75) is 31.4 Å². The predicted molar refractivity (Wildman–Crippen MR) is 58.5 cm³/mol. The first-order valence-corrected chi connectivity index (χ1v) is 5.80. The zero-order valence-electron chi connectivity index (χ0n) is 9.27. The highest BCUT2D eigenvalue weighted by Crippen LogP contribution is 2.49. The molecule has 0 unspecified atom stereocenters. The van der Waals surface area contributed by atoms with Crippen molar-refractivity contribution in [3.63, 3.8) is 0 Å². The maximum Gasteiger partial charge on any atom is 0.261 e. The van der Waals surface area contributed by atoms with E-state index >= 15 is 0 Å². The molecule has 1 saturated carbocycles. The van der Waals surface area contributed by atoms with Crippen LogP contribution in [0.3, 0.4) is 0 Å². The third kappa shape index (κ3) is 1.63. The molecule has 1 amide bonds. The molecule has 0 N–H and O–H groups in total. The van der Waals surface area contributed by atoms with E-state index in [1.807, 2.05) is 30.3 Å². The van der Waals surface area contributed by atoms with Crippen molar-refractivity contribution in [3.05, 3.63) is 35.9 Å². The second-order valence-corrected chi connectivity index (χ2v) is 4.86. The summed E-state index contributed by atoms with van der Waals surface area (Å²) in [7, 11) is 0. The van der Waals surface area contributed by atoms with Crippen LogP contribution in [0.15, 0.2) is 30.3 Å². The standard InChI is InChI=1S/C13H13F2NO/c14-13(15)7-10-6-11(13)12(17)16(10)8-9-4-2-1-3-5-9/h1-5,10-11H,6-8H2/t10-,11-/m0/s1. The van der Waals surface area contributed by atoms with Crippen LogP contribution in [0.4, 0.5) is 8.78 Å². The average Bonchev–Trinajstić information content (AvgIpc) is 2.76. The largest absolute Gasteiger partial charge is 0.335 e. The Balaban J connectivity index is 1.78. The van der Waals surface area contributed by atoms with Gasteiger partial charge in [0.15, 0.2) is 0 Å². The highest BCUT2D eigenvalue weighted by molar-refractivity contribution is 5.83. The zero-order chi connectivity index (χ0) is 12.0. The van der Waals surface area contributed by atoms with E-state index in [-0.39, 0.29) is 18.4 Å². The van der Waals surface area contributed by atoms with Gasteiger partial charge in [-0.2, -0.15) is 0 Å². The summed E-state index contributed by atoms with van der Waals surface area (Å²) in [5.74, 6) is -4.24. The van der Waals surface area contributed by atoms with Crippen LogP contribution in [0, 0.1) is 5.92 Å². The Morgan fingerprint density at radius 1 is 1.29 bits per heavy atom. The fourth-order valence-corrected chi connectivity index (χ4v) is 2.87. The van der Waals surface area contributed by atoms with Crippen molar-refractivity contribution in [3.8, 4) is 0 Å². The van der Waals surface area contributed by atoms with Gasteiger partial charge in [-0.1, -0.05) is 30.3 Å². The number of hydrogen-bond donors (Lipinski definition) is 0. The van der Waals surface area contributed by atoms with Crippen LogP contribution in [0.25, 0.3) is 0 Å². The first-order valence-electron chi connectivity index (χ1n) is 5.80. The van der Waals surface area contributed by atoms with Gasteiger partial charge in [-0.05, 0) is 12.0 Å². The second-order valence-electron chi connectivity index (χ2n) is 4.86. The Labute approximate surface area is 98.2 Å². The number of halogens is 2. The number of hydrogen-bond acceptors (Lipinski definition) is 1. The Bertz CT molecular complexity index is 446. The SMILES string of the molecule is O=C1[C@@H]2C[C@@H](CC2(F)F)N1Cc1ccccc1. The minimum Gasteiger partial charge on any atom is -0.335 e. The number of fused-ring (bicyclic) bond motifs is 2. The number of carbonyl (C=O) groups excluding carboxylic acids is 1. The molecule has 17 heavy (non-hydrogen) atoms. The van der Waals surface area contributed by atoms with Crippen molar-refractivity contribution in [1.82, 2.24) is 4.90 Å². The van der Waals surface area contributed by atoms with E-state index in [4.69, 9.17) is 0 Å². The number of amides is 1. The normalized spacial score (nSPS) is 30.0. The topological polar surface area (TPSA) is 20.3 Å². The molecule has 1 heterocycles. The van der Waals surface area contributed by atoms with Gasteiger partial charge >= 0.3 is 0 Å². The third-order valence-electron chi connectivity index (χ3n) is 3.74. The highest BCUT2D eigenvalue weighted by atomic mass is 19.3. The number of likely N-dealkylation sites (tertiary alicyclic amines) is 1. The van der Waals surface area contributed by atoms with E-state index in [0.717, 1.165) is 5.56 Å². The van der Waals surface area contributed by atoms with Crippen LogP contribution in [-0.4, -0.2) is 22.8 Å². The van der Waals surface area contributed by atoms with Crippen molar-refractivity contribution in [1.29, 1.82) is 0 Å². The van der Waals surface area contributed by atoms with Gasteiger partial charge in [0.1, 0.15) is 5.92 Å². The molecule has 90 valence electrons. The summed E-state index contributed by atoms with van der Waals surface area (Å²) in [5, 5.41) is 0. The Morgan fingerprint density at radius 2 is 2.00 bits per heavy atom. The number of rotatable bonds is 2. The van der Waals surface area contributed by atoms with E-state index in [1.54, 1.807) is 4.90 Å². The second kappa shape index (κ2) is 3.52. The molecule has 1 aliphatic heterocycles. The molecule has 2 fully saturated rings. The van der Waals surface area contributed by atoms with E-state index < -0.39 is 11.8 Å². The van der Waals surface area contributed by atoms with Gasteiger partial charge < -0.3 is 4.90 Å². The van der Waals surface area contributed by atoms with Crippen molar-refractivity contribution in [2.24, 2.45) is 5.92 Å². The lowest BCUT2D eigenvalue weighted by molar-refractivity contribution is -0.151. The third-order valence-corrected chi connectivity index (χ3v) is 3.74. The van der Waals surface area contributed by atoms with Crippen LogP contribution in [-0.2, 0) is 11.3 Å². The molecule has 2 bridgehead atoms. The molecule has 1 aliphatic carbocycles. The Hall–Kier alpha value is -1.45. The van der Waals surface area contributed by atoms with Gasteiger partial charge in [-0.15, -0.1) is 0 Å². The molecule has 1 saturated heterocycles. The maximum absolute atomic E-state index is 13.4. The summed E-state index contributed by atoms with van der Waals surface area (Å²) in [4.78, 5) is 13.4. The monoisotopic (exact) mass is 237 g/mol. The van der Waals surface area contributed by atoms with Gasteiger partial charge in [0.2, 0.25) is 5.91 Å². The molecule has 4 heteroatoms. The molecule has 2 aliphatic rings. The van der Waals surface area contributed by atoms with Gasteiger partial charge in [0.05, 0.1) is 0 Å². The Morgan fingerprint density at radius 3 is 2.59 bits per heavy atom. The minimum absolute atomic E-state index is 0.170. The maximum atomic E-state index is 13.4. The molecule has 0 spiro atoms. The average molecular weight is 237 g/mol. The van der Waals surface area contributed by atoms with Crippen LogP contribution < -0.4 is 0 Å². The van der Waals surface area contributed by atoms with E-state index in [0.29, 0.717) is 13.0 Å². The summed E-state index contributed by atoms with van der Waals surface area (Å²) in [6.07, 6.45) is 0.148. The van der Waals surface area contributed by atoms with Gasteiger partial charge in [0, 0.05) is 19.0 Å². The van der Waals surface area contributed by atoms with Crippen molar-refractivity contribution < 1.29 is 13.6 Å². The lowest BCUT2D eigenvalue weighted by Gasteiger charge is -2.31. The molecule has 1 aromatic carbocycles. The molecular formula is C13H13F2NO. The highest BCUT2D eigenvalue weighted by Gasteiger charge is 2.60. The van der Waals surface area contributed by atoms with Crippen LogP contribution >= 0.6 is 0 Å². The number of alkyl halides is 2. The molecule has 0 radical (unpaired) electrons. The number of piperidine rings is 1. The fourth-order valence-electron chi connectivity index (χ4n) is 2.87. The lowest BCUT2D eigenvalue weighted by Crippen LogP contribution is -2.44. The van der Waals surface area contributed by atoms with E-state index in [1.165, 1.54) is 0 Å². The number of nitrogens with zero attached hydrogens (tertiary/aromatic N) is 1. The molecule has 0 aromatic heterocycles. The first kappa shape index (κ1) is 10.7. The van der Waals surface area contributed by atoms with E-state index in [9.17, 15) is 13.6 Å². The summed E-state index contributed by atoms with van der Waals surface area (Å²) in [6.45, 7) is 0.455. The minimum atomic E-state index is -2.78. The molecular weight excluding hydrogens is 224 g/mol. The first-order chi connectivity index (χ1) is 8.08. The lowest BCUT2D eigenvalue weighted by atomic mass is 10.0. The van der Waals surface area contributed by atoms with Gasteiger partial charge in [-0.3, -0.25) is 4.79 Å². The summed E-state index contributed by atoms with van der Waals surface area (Å²) in [5.41, 5.74) is 0.997.